The van der Waals surface area contributed by atoms with Crippen molar-refractivity contribution in [3.05, 3.63) is 41.7 Å². The van der Waals surface area contributed by atoms with Crippen molar-refractivity contribution in [1.82, 2.24) is 15.2 Å². The number of rotatable bonds is 2. The van der Waals surface area contributed by atoms with E-state index in [4.69, 9.17) is 5.73 Å². The highest BCUT2D eigenvalue weighted by Crippen LogP contribution is 2.29. The van der Waals surface area contributed by atoms with Gasteiger partial charge in [-0.2, -0.15) is 5.10 Å². The van der Waals surface area contributed by atoms with E-state index in [9.17, 15) is 4.79 Å². The highest BCUT2D eigenvalue weighted by Gasteiger charge is 2.14. The molecule has 2 heterocycles. The number of hydrogen-bond donors (Lipinski definition) is 3. The van der Waals surface area contributed by atoms with Crippen LogP contribution in [0.3, 0.4) is 0 Å². The average molecular weight is 240 g/mol. The Morgan fingerprint density at radius 2 is 2.17 bits per heavy atom. The number of carbonyl (C=O) groups is 1. The van der Waals surface area contributed by atoms with Gasteiger partial charge in [-0.3, -0.25) is 9.89 Å². The Balaban J connectivity index is 2.27. The summed E-state index contributed by atoms with van der Waals surface area (Å²) in [5.74, 6) is -0.421. The van der Waals surface area contributed by atoms with Gasteiger partial charge in [0.05, 0.1) is 5.52 Å². The summed E-state index contributed by atoms with van der Waals surface area (Å²) in [7, 11) is 0. The molecule has 1 amide bonds. The number of nitrogens with zero attached hydrogens (tertiary/aromatic N) is 1. The number of nitrogens with two attached hydrogens (primary N) is 1. The summed E-state index contributed by atoms with van der Waals surface area (Å²) in [6.45, 7) is 1.88. The number of aromatic nitrogens is 3. The van der Waals surface area contributed by atoms with Gasteiger partial charge >= 0.3 is 0 Å². The Bertz CT molecular complexity index is 738. The summed E-state index contributed by atoms with van der Waals surface area (Å²) in [4.78, 5) is 14.4. The van der Waals surface area contributed by atoms with E-state index in [1.165, 1.54) is 0 Å². The van der Waals surface area contributed by atoms with Crippen LogP contribution in [0.25, 0.3) is 22.2 Å². The Hall–Kier alpha value is -2.56. The minimum absolute atomic E-state index is 0.421. The second-order valence-electron chi connectivity index (χ2n) is 4.20. The zero-order valence-corrected chi connectivity index (χ0v) is 9.82. The van der Waals surface area contributed by atoms with Crippen LogP contribution in [0.4, 0.5) is 0 Å². The lowest BCUT2D eigenvalue weighted by Gasteiger charge is -2.06. The molecule has 0 aliphatic rings. The molecule has 0 spiro atoms. The summed E-state index contributed by atoms with van der Waals surface area (Å²) >= 11 is 0. The summed E-state index contributed by atoms with van der Waals surface area (Å²) < 4.78 is 0. The van der Waals surface area contributed by atoms with E-state index in [1.54, 1.807) is 6.07 Å². The van der Waals surface area contributed by atoms with Crippen LogP contribution in [-0.4, -0.2) is 21.1 Å². The zero-order valence-electron chi connectivity index (χ0n) is 9.82. The molecule has 18 heavy (non-hydrogen) atoms. The van der Waals surface area contributed by atoms with Crippen LogP contribution in [0.5, 0.6) is 0 Å². The second kappa shape index (κ2) is 3.73. The minimum atomic E-state index is -0.421. The lowest BCUT2D eigenvalue weighted by atomic mass is 9.98. The SMILES string of the molecule is Cc1c(C(N)=O)cccc1-c1n[nH]c2c[nH]cc12. The van der Waals surface area contributed by atoms with Gasteiger partial charge in [0.2, 0.25) is 5.91 Å². The van der Waals surface area contributed by atoms with Crippen molar-refractivity contribution in [1.29, 1.82) is 0 Å². The van der Waals surface area contributed by atoms with Crippen LogP contribution < -0.4 is 5.73 Å². The molecule has 5 heteroatoms. The van der Waals surface area contributed by atoms with Crippen molar-refractivity contribution < 1.29 is 4.79 Å². The monoisotopic (exact) mass is 240 g/mol. The molecule has 0 radical (unpaired) electrons. The maximum absolute atomic E-state index is 11.3. The first kappa shape index (κ1) is 10.6. The van der Waals surface area contributed by atoms with E-state index in [0.29, 0.717) is 5.56 Å². The van der Waals surface area contributed by atoms with Crippen LogP contribution in [0, 0.1) is 6.92 Å². The number of primary amides is 1. The van der Waals surface area contributed by atoms with Crippen LogP contribution in [0.15, 0.2) is 30.6 Å². The number of benzene rings is 1. The third-order valence-electron chi connectivity index (χ3n) is 3.14. The number of amides is 1. The largest absolute Gasteiger partial charge is 0.366 e. The van der Waals surface area contributed by atoms with Gasteiger partial charge in [0.25, 0.3) is 0 Å². The Labute approximate surface area is 103 Å². The summed E-state index contributed by atoms with van der Waals surface area (Å²) in [6.07, 6.45) is 3.73. The van der Waals surface area contributed by atoms with Crippen LogP contribution >= 0.6 is 0 Å². The number of H-pyrrole nitrogens is 2. The Kier molecular flexibility index (Phi) is 2.19. The lowest BCUT2D eigenvalue weighted by Crippen LogP contribution is -2.12. The molecule has 90 valence electrons. The topological polar surface area (TPSA) is 87.6 Å². The molecule has 0 aliphatic heterocycles. The predicted molar refractivity (Wildman–Crippen MR) is 69.1 cm³/mol. The van der Waals surface area contributed by atoms with Crippen molar-refractivity contribution >= 4 is 16.8 Å². The van der Waals surface area contributed by atoms with E-state index in [1.807, 2.05) is 31.5 Å². The maximum Gasteiger partial charge on any atom is 0.248 e. The molecule has 3 aromatic rings. The quantitative estimate of drug-likeness (QED) is 0.639. The molecule has 0 aliphatic carbocycles. The predicted octanol–water partition coefficient (Wildman–Crippen LogP) is 1.97. The van der Waals surface area contributed by atoms with E-state index < -0.39 is 5.91 Å². The van der Waals surface area contributed by atoms with E-state index in [0.717, 1.165) is 27.7 Å². The normalized spacial score (nSPS) is 10.9. The molecule has 5 nitrogen and oxygen atoms in total. The molecule has 1 aromatic carbocycles. The summed E-state index contributed by atoms with van der Waals surface area (Å²) in [5.41, 5.74) is 9.41. The maximum atomic E-state index is 11.3. The molecule has 0 bridgehead atoms. The number of nitrogens with one attached hydrogen (secondary N) is 2. The Morgan fingerprint density at radius 3 is 2.94 bits per heavy atom. The molecule has 0 fully saturated rings. The highest BCUT2D eigenvalue weighted by atomic mass is 16.1. The fourth-order valence-electron chi connectivity index (χ4n) is 2.19. The third-order valence-corrected chi connectivity index (χ3v) is 3.14. The number of hydrogen-bond acceptors (Lipinski definition) is 2. The number of aromatic amines is 2. The van der Waals surface area contributed by atoms with Crippen molar-refractivity contribution in [3.63, 3.8) is 0 Å². The first-order chi connectivity index (χ1) is 8.68. The Morgan fingerprint density at radius 1 is 1.33 bits per heavy atom. The average Bonchev–Trinajstić information content (AvgIpc) is 2.91. The van der Waals surface area contributed by atoms with E-state index in [2.05, 4.69) is 15.2 Å². The molecule has 0 atom stereocenters. The van der Waals surface area contributed by atoms with Gasteiger partial charge in [0.1, 0.15) is 5.69 Å². The van der Waals surface area contributed by atoms with Crippen LogP contribution in [0.2, 0.25) is 0 Å². The molecular formula is C13H12N4O. The van der Waals surface area contributed by atoms with Gasteiger partial charge in [-0.25, -0.2) is 0 Å². The first-order valence-electron chi connectivity index (χ1n) is 5.59. The van der Waals surface area contributed by atoms with Gasteiger partial charge in [-0.15, -0.1) is 0 Å². The second-order valence-corrected chi connectivity index (χ2v) is 4.20. The number of carbonyl (C=O) groups excluding carboxylic acids is 1. The molecule has 0 saturated heterocycles. The van der Waals surface area contributed by atoms with Crippen LogP contribution in [-0.2, 0) is 0 Å². The van der Waals surface area contributed by atoms with Crippen molar-refractivity contribution in [3.8, 4) is 11.3 Å². The molecule has 4 N–H and O–H groups in total. The fourth-order valence-corrected chi connectivity index (χ4v) is 2.19. The van der Waals surface area contributed by atoms with Gasteiger partial charge in [0.15, 0.2) is 0 Å². The number of fused-ring (bicyclic) bond motifs is 1. The molecule has 0 unspecified atom stereocenters. The van der Waals surface area contributed by atoms with Gasteiger partial charge in [-0.1, -0.05) is 12.1 Å². The summed E-state index contributed by atoms with van der Waals surface area (Å²) in [6, 6.07) is 5.47. The van der Waals surface area contributed by atoms with Gasteiger partial charge < -0.3 is 10.7 Å². The van der Waals surface area contributed by atoms with Crippen molar-refractivity contribution in [2.75, 3.05) is 0 Å². The molecular weight excluding hydrogens is 228 g/mol. The summed E-state index contributed by atoms with van der Waals surface area (Å²) in [5, 5.41) is 8.23. The van der Waals surface area contributed by atoms with E-state index >= 15 is 0 Å². The highest BCUT2D eigenvalue weighted by molar-refractivity contribution is 5.99. The molecule has 3 rings (SSSR count). The minimum Gasteiger partial charge on any atom is -0.366 e. The lowest BCUT2D eigenvalue weighted by molar-refractivity contribution is 0.1000. The van der Waals surface area contributed by atoms with E-state index in [-0.39, 0.29) is 0 Å². The van der Waals surface area contributed by atoms with Crippen molar-refractivity contribution in [2.24, 2.45) is 5.73 Å². The van der Waals surface area contributed by atoms with Crippen molar-refractivity contribution in [2.45, 2.75) is 6.92 Å². The van der Waals surface area contributed by atoms with Gasteiger partial charge in [-0.05, 0) is 18.6 Å². The zero-order chi connectivity index (χ0) is 12.7. The molecule has 2 aromatic heterocycles. The standard InChI is InChI=1S/C13H12N4O/c1-7-8(3-2-4-9(7)13(14)18)12-10-5-15-6-11(10)16-17-12/h2-6,15-16H,1H3,(H2,14,18). The third kappa shape index (κ3) is 1.41. The smallest absolute Gasteiger partial charge is 0.248 e. The molecule has 0 saturated carbocycles. The van der Waals surface area contributed by atoms with Gasteiger partial charge in [0, 0.05) is 28.9 Å². The van der Waals surface area contributed by atoms with Crippen LogP contribution in [0.1, 0.15) is 15.9 Å². The first-order valence-corrected chi connectivity index (χ1v) is 5.59. The fraction of sp³-hybridized carbons (Fsp3) is 0.0769.